The minimum atomic E-state index is 0.187. The van der Waals surface area contributed by atoms with Crippen LogP contribution in [0.25, 0.3) is 0 Å². The second-order valence-electron chi connectivity index (χ2n) is 7.23. The summed E-state index contributed by atoms with van der Waals surface area (Å²) in [6, 6.07) is 10.1. The molecule has 1 saturated heterocycles. The summed E-state index contributed by atoms with van der Waals surface area (Å²) in [5.41, 5.74) is 2.16. The summed E-state index contributed by atoms with van der Waals surface area (Å²) in [4.78, 5) is 9.57. The maximum atomic E-state index is 5.70. The summed E-state index contributed by atoms with van der Waals surface area (Å²) >= 11 is 0. The van der Waals surface area contributed by atoms with Crippen molar-refractivity contribution in [1.29, 1.82) is 0 Å². The first-order valence-electron chi connectivity index (χ1n) is 10.0. The topological polar surface area (TPSA) is 66.1 Å². The van der Waals surface area contributed by atoms with Gasteiger partial charge in [0.25, 0.3) is 0 Å². The molecule has 1 fully saturated rings. The molecule has 0 bridgehead atoms. The van der Waals surface area contributed by atoms with Crippen molar-refractivity contribution < 1.29 is 9.26 Å². The van der Waals surface area contributed by atoms with Crippen molar-refractivity contribution in [3.8, 4) is 5.75 Å². The van der Waals surface area contributed by atoms with Crippen LogP contribution in [0.15, 0.2) is 46.1 Å². The molecule has 1 aromatic heterocycles. The Morgan fingerprint density at radius 3 is 2.54 bits per heavy atom. The van der Waals surface area contributed by atoms with E-state index in [-0.39, 0.29) is 6.10 Å². The summed E-state index contributed by atoms with van der Waals surface area (Å²) in [6.45, 7) is 12.4. The Kier molecular flexibility index (Phi) is 7.31. The highest BCUT2D eigenvalue weighted by molar-refractivity contribution is 5.80. The Balaban J connectivity index is 1.54. The molecule has 0 spiro atoms. The van der Waals surface area contributed by atoms with Crippen LogP contribution in [-0.4, -0.2) is 59.7 Å². The zero-order valence-corrected chi connectivity index (χ0v) is 17.1. The third kappa shape index (κ3) is 5.99. The van der Waals surface area contributed by atoms with Crippen molar-refractivity contribution in [3.05, 3.63) is 47.9 Å². The van der Waals surface area contributed by atoms with Crippen molar-refractivity contribution in [2.24, 2.45) is 4.99 Å². The van der Waals surface area contributed by atoms with E-state index in [4.69, 9.17) is 14.3 Å². The third-order valence-electron chi connectivity index (χ3n) is 4.59. The summed E-state index contributed by atoms with van der Waals surface area (Å²) in [5.74, 6) is 1.88. The highest BCUT2D eigenvalue weighted by atomic mass is 16.5. The molecule has 0 atom stereocenters. The van der Waals surface area contributed by atoms with E-state index < -0.39 is 0 Å². The maximum absolute atomic E-state index is 5.70. The van der Waals surface area contributed by atoms with E-state index in [1.54, 1.807) is 6.26 Å². The molecule has 0 unspecified atom stereocenters. The van der Waals surface area contributed by atoms with Gasteiger partial charge in [0.15, 0.2) is 5.96 Å². The molecule has 1 N–H and O–H groups in total. The van der Waals surface area contributed by atoms with Gasteiger partial charge in [0.1, 0.15) is 12.0 Å². The number of aromatic nitrogens is 1. The molecule has 0 saturated carbocycles. The van der Waals surface area contributed by atoms with Gasteiger partial charge in [-0.2, -0.15) is 0 Å². The van der Waals surface area contributed by atoms with E-state index in [2.05, 4.69) is 39.3 Å². The maximum Gasteiger partial charge on any atom is 0.194 e. The first-order valence-corrected chi connectivity index (χ1v) is 10.0. The zero-order chi connectivity index (χ0) is 19.8. The van der Waals surface area contributed by atoms with Crippen LogP contribution in [0.5, 0.6) is 5.75 Å². The second-order valence-corrected chi connectivity index (χ2v) is 7.23. The lowest BCUT2D eigenvalue weighted by Gasteiger charge is -2.36. The lowest BCUT2D eigenvalue weighted by molar-refractivity contribution is 0.169. The highest BCUT2D eigenvalue weighted by Crippen LogP contribution is 2.15. The zero-order valence-electron chi connectivity index (χ0n) is 17.1. The van der Waals surface area contributed by atoms with Gasteiger partial charge in [0.2, 0.25) is 0 Å². The monoisotopic (exact) mass is 385 g/mol. The molecular formula is C21H31N5O2. The highest BCUT2D eigenvalue weighted by Gasteiger charge is 2.20. The van der Waals surface area contributed by atoms with Crippen LogP contribution >= 0.6 is 0 Å². The fourth-order valence-electron chi connectivity index (χ4n) is 3.20. The second kappa shape index (κ2) is 10.1. The SMILES string of the molecule is CCNC(=NCc1ccc(OC(C)C)cc1)N1CCN(Cc2ccon2)CC1. The van der Waals surface area contributed by atoms with E-state index >= 15 is 0 Å². The van der Waals surface area contributed by atoms with Crippen LogP contribution in [-0.2, 0) is 13.1 Å². The smallest absolute Gasteiger partial charge is 0.194 e. The normalized spacial score (nSPS) is 15.9. The third-order valence-corrected chi connectivity index (χ3v) is 4.59. The lowest BCUT2D eigenvalue weighted by Crippen LogP contribution is -2.52. The van der Waals surface area contributed by atoms with Crippen molar-refractivity contribution in [2.75, 3.05) is 32.7 Å². The summed E-state index contributed by atoms with van der Waals surface area (Å²) in [5, 5.41) is 7.43. The molecule has 7 heteroatoms. The molecule has 28 heavy (non-hydrogen) atoms. The van der Waals surface area contributed by atoms with E-state index in [1.165, 1.54) is 5.56 Å². The van der Waals surface area contributed by atoms with Crippen molar-refractivity contribution in [1.82, 2.24) is 20.3 Å². The van der Waals surface area contributed by atoms with Gasteiger partial charge in [0, 0.05) is 45.3 Å². The molecule has 7 nitrogen and oxygen atoms in total. The Morgan fingerprint density at radius 2 is 1.93 bits per heavy atom. The van der Waals surface area contributed by atoms with E-state index in [0.29, 0.717) is 6.54 Å². The summed E-state index contributed by atoms with van der Waals surface area (Å²) < 4.78 is 10.6. The molecule has 152 valence electrons. The molecule has 2 aromatic rings. The fraction of sp³-hybridized carbons (Fsp3) is 0.524. The molecule has 1 aliphatic rings. The molecule has 2 heterocycles. The van der Waals surface area contributed by atoms with Gasteiger partial charge in [-0.1, -0.05) is 17.3 Å². The molecule has 0 amide bonds. The molecule has 0 radical (unpaired) electrons. The van der Waals surface area contributed by atoms with Crippen molar-refractivity contribution in [2.45, 2.75) is 40.0 Å². The molecule has 1 aliphatic heterocycles. The number of ether oxygens (including phenoxy) is 1. The standard InChI is InChI=1S/C21H31N5O2/c1-4-22-21(23-15-18-5-7-20(8-6-18)28-17(2)3)26-12-10-25(11-13-26)16-19-9-14-27-24-19/h5-9,14,17H,4,10-13,15-16H2,1-3H3,(H,22,23). The lowest BCUT2D eigenvalue weighted by atomic mass is 10.2. The van der Waals surface area contributed by atoms with Crippen LogP contribution in [0.3, 0.4) is 0 Å². The fourth-order valence-corrected chi connectivity index (χ4v) is 3.20. The minimum absolute atomic E-state index is 0.187. The number of nitrogens with zero attached hydrogens (tertiary/aromatic N) is 4. The number of rotatable bonds is 7. The van der Waals surface area contributed by atoms with Gasteiger partial charge >= 0.3 is 0 Å². The van der Waals surface area contributed by atoms with E-state index in [1.807, 2.05) is 32.0 Å². The van der Waals surface area contributed by atoms with Crippen LogP contribution in [0.1, 0.15) is 32.0 Å². The number of hydrogen-bond acceptors (Lipinski definition) is 5. The number of piperazine rings is 1. The number of guanidine groups is 1. The Labute approximate surface area is 167 Å². The van der Waals surface area contributed by atoms with Gasteiger partial charge < -0.3 is 19.5 Å². The van der Waals surface area contributed by atoms with Crippen molar-refractivity contribution in [3.63, 3.8) is 0 Å². The first-order chi connectivity index (χ1) is 13.6. The summed E-state index contributed by atoms with van der Waals surface area (Å²) in [7, 11) is 0. The van der Waals surface area contributed by atoms with Crippen LogP contribution < -0.4 is 10.1 Å². The average molecular weight is 386 g/mol. The Morgan fingerprint density at radius 1 is 1.18 bits per heavy atom. The molecule has 1 aromatic carbocycles. The van der Waals surface area contributed by atoms with Gasteiger partial charge in [-0.15, -0.1) is 0 Å². The largest absolute Gasteiger partial charge is 0.491 e. The van der Waals surface area contributed by atoms with Crippen LogP contribution in [0.2, 0.25) is 0 Å². The summed E-state index contributed by atoms with van der Waals surface area (Å²) in [6.07, 6.45) is 1.82. The number of hydrogen-bond donors (Lipinski definition) is 1. The Hall–Kier alpha value is -2.54. The number of nitrogens with one attached hydrogen (secondary N) is 1. The van der Waals surface area contributed by atoms with Crippen molar-refractivity contribution >= 4 is 5.96 Å². The minimum Gasteiger partial charge on any atom is -0.491 e. The predicted molar refractivity (Wildman–Crippen MR) is 110 cm³/mol. The van der Waals surface area contributed by atoms with E-state index in [0.717, 1.165) is 56.7 Å². The molecule has 0 aliphatic carbocycles. The van der Waals surface area contributed by atoms with Crippen LogP contribution in [0.4, 0.5) is 0 Å². The first kappa shape index (κ1) is 20.2. The van der Waals surface area contributed by atoms with Crippen LogP contribution in [0, 0.1) is 0 Å². The van der Waals surface area contributed by atoms with Gasteiger partial charge in [0.05, 0.1) is 18.3 Å². The quantitative estimate of drug-likeness (QED) is 0.584. The predicted octanol–water partition coefficient (Wildman–Crippen LogP) is 2.75. The Bertz CT molecular complexity index is 720. The van der Waals surface area contributed by atoms with E-state index in [9.17, 15) is 0 Å². The average Bonchev–Trinajstić information content (AvgIpc) is 3.20. The van der Waals surface area contributed by atoms with Gasteiger partial charge in [-0.25, -0.2) is 4.99 Å². The van der Waals surface area contributed by atoms with Gasteiger partial charge in [-0.05, 0) is 38.5 Å². The molecule has 3 rings (SSSR count). The number of aliphatic imine (C=N–C) groups is 1. The van der Waals surface area contributed by atoms with Gasteiger partial charge in [-0.3, -0.25) is 4.90 Å². The number of benzene rings is 1. The molecular weight excluding hydrogens is 354 g/mol.